The number of aromatic nitrogens is 1. The maximum atomic E-state index is 12.5. The van der Waals surface area contributed by atoms with Crippen LogP contribution in [0.1, 0.15) is 10.6 Å². The van der Waals surface area contributed by atoms with Crippen molar-refractivity contribution in [2.75, 3.05) is 4.72 Å². The topological polar surface area (TPSA) is 96.4 Å². The lowest BCUT2D eigenvalue weighted by atomic mass is 10.1. The van der Waals surface area contributed by atoms with Crippen molar-refractivity contribution in [1.29, 1.82) is 0 Å². The molecule has 3 aromatic rings. The molecule has 0 saturated heterocycles. The Labute approximate surface area is 155 Å². The minimum atomic E-state index is -3.79. The van der Waals surface area contributed by atoms with Crippen LogP contribution in [0.5, 0.6) is 0 Å². The van der Waals surface area contributed by atoms with Crippen LogP contribution in [0.25, 0.3) is 11.1 Å². The molecule has 2 aromatic carbocycles. The molecule has 0 bridgehead atoms. The summed E-state index contributed by atoms with van der Waals surface area (Å²) in [6.07, 6.45) is -0.240. The van der Waals surface area contributed by atoms with Crippen LogP contribution in [0.4, 0.5) is 5.13 Å². The number of carboxylic acid groups (broad SMARTS) is 1. The SMILES string of the molecule is Cc1sc(NS(=O)(=O)c2ccc(-c3ccccc3)cc2)nc1CC(=O)O. The summed E-state index contributed by atoms with van der Waals surface area (Å²) in [5, 5.41) is 9.02. The highest BCUT2D eigenvalue weighted by atomic mass is 32.2. The first kappa shape index (κ1) is 18.1. The van der Waals surface area contributed by atoms with Gasteiger partial charge in [-0.1, -0.05) is 42.5 Å². The van der Waals surface area contributed by atoms with E-state index in [1.807, 2.05) is 30.3 Å². The second-order valence-electron chi connectivity index (χ2n) is 5.59. The molecular weight excluding hydrogens is 372 g/mol. The molecule has 0 atom stereocenters. The molecule has 0 aliphatic heterocycles. The highest BCUT2D eigenvalue weighted by molar-refractivity contribution is 7.93. The van der Waals surface area contributed by atoms with E-state index in [1.54, 1.807) is 19.1 Å². The number of aliphatic carboxylic acids is 1. The lowest BCUT2D eigenvalue weighted by Gasteiger charge is -2.07. The third-order valence-electron chi connectivity index (χ3n) is 3.70. The Balaban J connectivity index is 1.81. The molecule has 0 aliphatic rings. The Kier molecular flexibility index (Phi) is 5.06. The van der Waals surface area contributed by atoms with E-state index in [0.29, 0.717) is 10.6 Å². The fourth-order valence-corrected chi connectivity index (χ4v) is 4.47. The molecule has 26 heavy (non-hydrogen) atoms. The maximum absolute atomic E-state index is 12.5. The number of aryl methyl sites for hydroxylation is 1. The fraction of sp³-hybridized carbons (Fsp3) is 0.111. The van der Waals surface area contributed by atoms with Gasteiger partial charge in [0.05, 0.1) is 17.0 Å². The van der Waals surface area contributed by atoms with Crippen molar-refractivity contribution in [3.8, 4) is 11.1 Å². The van der Waals surface area contributed by atoms with Gasteiger partial charge in [-0.05, 0) is 30.2 Å². The van der Waals surface area contributed by atoms with E-state index < -0.39 is 16.0 Å². The molecule has 1 heterocycles. The highest BCUT2D eigenvalue weighted by Gasteiger charge is 2.18. The summed E-state index contributed by atoms with van der Waals surface area (Å²) in [5.74, 6) is -1.01. The Hall–Kier alpha value is -2.71. The molecule has 0 radical (unpaired) electrons. The standard InChI is InChI=1S/C18H16N2O4S2/c1-12-16(11-17(21)22)19-18(25-12)20-26(23,24)15-9-7-14(8-10-15)13-5-3-2-4-6-13/h2-10H,11H2,1H3,(H,19,20)(H,21,22). The van der Waals surface area contributed by atoms with Crippen molar-refractivity contribution in [3.63, 3.8) is 0 Å². The third kappa shape index (κ3) is 4.09. The van der Waals surface area contributed by atoms with Crippen LogP contribution in [0.15, 0.2) is 59.5 Å². The smallest absolute Gasteiger partial charge is 0.309 e. The summed E-state index contributed by atoms with van der Waals surface area (Å²) >= 11 is 1.11. The monoisotopic (exact) mass is 388 g/mol. The number of benzene rings is 2. The average Bonchev–Trinajstić information content (AvgIpc) is 2.93. The molecule has 6 nitrogen and oxygen atoms in total. The zero-order valence-electron chi connectivity index (χ0n) is 13.8. The number of hydrogen-bond donors (Lipinski definition) is 2. The zero-order valence-corrected chi connectivity index (χ0v) is 15.5. The summed E-state index contributed by atoms with van der Waals surface area (Å²) in [5.41, 5.74) is 2.27. The average molecular weight is 388 g/mol. The molecule has 3 rings (SSSR count). The van der Waals surface area contributed by atoms with Gasteiger partial charge in [0.1, 0.15) is 0 Å². The number of nitrogens with one attached hydrogen (secondary N) is 1. The number of carboxylic acids is 1. The molecule has 0 saturated carbocycles. The van der Waals surface area contributed by atoms with E-state index in [-0.39, 0.29) is 16.4 Å². The summed E-state index contributed by atoms with van der Waals surface area (Å²) in [7, 11) is -3.79. The van der Waals surface area contributed by atoms with Crippen LogP contribution in [0.2, 0.25) is 0 Å². The normalized spacial score (nSPS) is 11.3. The first-order chi connectivity index (χ1) is 12.3. The largest absolute Gasteiger partial charge is 0.481 e. The Bertz CT molecular complexity index is 1030. The Morgan fingerprint density at radius 3 is 2.31 bits per heavy atom. The summed E-state index contributed by atoms with van der Waals surface area (Å²) in [4.78, 5) is 15.7. The molecule has 0 spiro atoms. The van der Waals surface area contributed by atoms with Gasteiger partial charge in [0.25, 0.3) is 10.0 Å². The van der Waals surface area contributed by atoms with Gasteiger partial charge in [-0.2, -0.15) is 0 Å². The first-order valence-corrected chi connectivity index (χ1v) is 10.0. The van der Waals surface area contributed by atoms with E-state index in [9.17, 15) is 13.2 Å². The predicted octanol–water partition coefficient (Wildman–Crippen LogP) is 3.55. The molecule has 1 aromatic heterocycles. The quantitative estimate of drug-likeness (QED) is 0.673. The van der Waals surface area contributed by atoms with Crippen molar-refractivity contribution in [1.82, 2.24) is 4.98 Å². The van der Waals surface area contributed by atoms with E-state index in [1.165, 1.54) is 12.1 Å². The molecule has 0 fully saturated rings. The van der Waals surface area contributed by atoms with Crippen LogP contribution < -0.4 is 4.72 Å². The maximum Gasteiger partial charge on any atom is 0.309 e. The van der Waals surface area contributed by atoms with Gasteiger partial charge in [0.15, 0.2) is 5.13 Å². The van der Waals surface area contributed by atoms with Crippen molar-refractivity contribution in [3.05, 3.63) is 65.2 Å². The summed E-state index contributed by atoms with van der Waals surface area (Å²) in [6.45, 7) is 1.71. The number of thiazole rings is 1. The fourth-order valence-electron chi connectivity index (χ4n) is 2.41. The molecule has 8 heteroatoms. The van der Waals surface area contributed by atoms with Gasteiger partial charge in [-0.25, -0.2) is 13.4 Å². The number of nitrogens with zero attached hydrogens (tertiary/aromatic N) is 1. The van der Waals surface area contributed by atoms with Crippen molar-refractivity contribution in [2.45, 2.75) is 18.2 Å². The number of carbonyl (C=O) groups is 1. The minimum absolute atomic E-state index is 0.116. The molecule has 2 N–H and O–H groups in total. The zero-order chi connectivity index (χ0) is 18.7. The van der Waals surface area contributed by atoms with Crippen LogP contribution in [0, 0.1) is 6.92 Å². The van der Waals surface area contributed by atoms with Gasteiger partial charge < -0.3 is 5.11 Å². The molecule has 0 unspecified atom stereocenters. The van der Waals surface area contributed by atoms with Gasteiger partial charge in [-0.15, -0.1) is 11.3 Å². The van der Waals surface area contributed by atoms with Gasteiger partial charge in [0, 0.05) is 4.88 Å². The van der Waals surface area contributed by atoms with Crippen LogP contribution in [0.3, 0.4) is 0 Å². The van der Waals surface area contributed by atoms with E-state index in [4.69, 9.17) is 5.11 Å². The highest BCUT2D eigenvalue weighted by Crippen LogP contribution is 2.26. The predicted molar refractivity (Wildman–Crippen MR) is 101 cm³/mol. The van der Waals surface area contributed by atoms with Gasteiger partial charge in [-0.3, -0.25) is 9.52 Å². The molecule has 0 amide bonds. The van der Waals surface area contributed by atoms with E-state index in [2.05, 4.69) is 9.71 Å². The lowest BCUT2D eigenvalue weighted by Crippen LogP contribution is -2.13. The molecular formula is C18H16N2O4S2. The minimum Gasteiger partial charge on any atom is -0.481 e. The number of rotatable bonds is 6. The molecule has 0 aliphatic carbocycles. The van der Waals surface area contributed by atoms with Crippen molar-refractivity contribution < 1.29 is 18.3 Å². The van der Waals surface area contributed by atoms with E-state index >= 15 is 0 Å². The Morgan fingerprint density at radius 1 is 1.08 bits per heavy atom. The second kappa shape index (κ2) is 7.27. The van der Waals surface area contributed by atoms with E-state index in [0.717, 1.165) is 22.5 Å². The molecule has 134 valence electrons. The number of sulfonamides is 1. The summed E-state index contributed by atoms with van der Waals surface area (Å²) < 4.78 is 27.5. The van der Waals surface area contributed by atoms with Crippen LogP contribution in [-0.2, 0) is 21.2 Å². The van der Waals surface area contributed by atoms with Crippen LogP contribution >= 0.6 is 11.3 Å². The van der Waals surface area contributed by atoms with Crippen molar-refractivity contribution in [2.24, 2.45) is 0 Å². The lowest BCUT2D eigenvalue weighted by molar-refractivity contribution is -0.136. The van der Waals surface area contributed by atoms with Gasteiger partial charge in [0.2, 0.25) is 0 Å². The Morgan fingerprint density at radius 2 is 1.69 bits per heavy atom. The summed E-state index contributed by atoms with van der Waals surface area (Å²) in [6, 6.07) is 16.2. The first-order valence-electron chi connectivity index (χ1n) is 7.71. The van der Waals surface area contributed by atoms with Gasteiger partial charge >= 0.3 is 5.97 Å². The number of anilines is 1. The second-order valence-corrected chi connectivity index (χ2v) is 8.47. The van der Waals surface area contributed by atoms with Crippen molar-refractivity contribution >= 4 is 32.5 Å². The van der Waals surface area contributed by atoms with Crippen LogP contribution in [-0.4, -0.2) is 24.5 Å². The number of hydrogen-bond acceptors (Lipinski definition) is 5. The third-order valence-corrected chi connectivity index (χ3v) is 6.12.